The van der Waals surface area contributed by atoms with E-state index in [9.17, 15) is 14.4 Å². The molecule has 81 heavy (non-hydrogen) atoms. The van der Waals surface area contributed by atoms with Crippen LogP contribution in [0.2, 0.25) is 0 Å². The summed E-state index contributed by atoms with van der Waals surface area (Å²) in [6.07, 6.45) is 85.6. The third-order valence-electron chi connectivity index (χ3n) is 17.3. The molecule has 0 rings (SSSR count). The van der Waals surface area contributed by atoms with Gasteiger partial charge in [0.1, 0.15) is 13.2 Å². The molecule has 0 saturated heterocycles. The Balaban J connectivity index is 4.05. The average molecular weight is 1140 g/mol. The molecule has 480 valence electrons. The molecule has 0 N–H and O–H groups in total. The van der Waals surface area contributed by atoms with E-state index in [0.717, 1.165) is 64.2 Å². The first-order valence-electron chi connectivity index (χ1n) is 37.2. The summed E-state index contributed by atoms with van der Waals surface area (Å²) in [6, 6.07) is 0. The number of ether oxygens (including phenoxy) is 3. The van der Waals surface area contributed by atoms with Crippen LogP contribution in [0.3, 0.4) is 0 Å². The van der Waals surface area contributed by atoms with Gasteiger partial charge in [0, 0.05) is 19.3 Å². The van der Waals surface area contributed by atoms with Gasteiger partial charge in [-0.3, -0.25) is 14.4 Å². The molecule has 0 aromatic rings. The van der Waals surface area contributed by atoms with Gasteiger partial charge in [-0.2, -0.15) is 0 Å². The Bertz CT molecular complexity index is 1260. The second-order valence-corrected chi connectivity index (χ2v) is 25.6. The summed E-state index contributed by atoms with van der Waals surface area (Å²) in [4.78, 5) is 38.4. The van der Waals surface area contributed by atoms with Gasteiger partial charge in [0.15, 0.2) is 6.10 Å². The third-order valence-corrected chi connectivity index (χ3v) is 17.3. The van der Waals surface area contributed by atoms with E-state index in [-0.39, 0.29) is 31.1 Å². The summed E-state index contributed by atoms with van der Waals surface area (Å²) in [5.74, 6) is -0.841. The molecule has 0 aromatic heterocycles. The number of esters is 3. The lowest BCUT2D eigenvalue weighted by molar-refractivity contribution is -0.167. The van der Waals surface area contributed by atoms with E-state index in [2.05, 4.69) is 32.9 Å². The van der Waals surface area contributed by atoms with Gasteiger partial charge in [-0.15, -0.1) is 0 Å². The normalized spacial score (nSPS) is 12.0. The maximum Gasteiger partial charge on any atom is 0.306 e. The average Bonchev–Trinajstić information content (AvgIpc) is 3.47. The van der Waals surface area contributed by atoms with Crippen LogP contribution in [0.4, 0.5) is 0 Å². The first kappa shape index (κ1) is 79.2. The van der Waals surface area contributed by atoms with Crippen molar-refractivity contribution in [2.45, 2.75) is 438 Å². The fourth-order valence-electron chi connectivity index (χ4n) is 11.7. The number of carbonyl (C=O) groups is 3. The second-order valence-electron chi connectivity index (χ2n) is 25.6. The third kappa shape index (κ3) is 68.8. The Morgan fingerprint density at radius 1 is 0.235 bits per heavy atom. The summed E-state index contributed by atoms with van der Waals surface area (Å²) in [7, 11) is 0. The minimum atomic E-state index is -0.769. The number of hydrogen-bond donors (Lipinski definition) is 0. The summed E-state index contributed by atoms with van der Waals surface area (Å²) < 4.78 is 17.0. The highest BCUT2D eigenvalue weighted by Crippen LogP contribution is 2.20. The molecule has 0 bridgehead atoms. The number of unbranched alkanes of at least 4 members (excludes halogenated alkanes) is 57. The van der Waals surface area contributed by atoms with Gasteiger partial charge in [-0.1, -0.05) is 380 Å². The van der Waals surface area contributed by atoms with E-state index >= 15 is 0 Å². The van der Waals surface area contributed by atoms with Crippen LogP contribution in [-0.2, 0) is 28.6 Å². The first-order valence-corrected chi connectivity index (χ1v) is 37.2. The maximum atomic E-state index is 12.9. The van der Waals surface area contributed by atoms with Crippen LogP contribution in [0.15, 0.2) is 12.2 Å². The number of hydrogen-bond acceptors (Lipinski definition) is 6. The molecule has 0 aliphatic carbocycles. The summed E-state index contributed by atoms with van der Waals surface area (Å²) in [5.41, 5.74) is 0. The van der Waals surface area contributed by atoms with Crippen LogP contribution < -0.4 is 0 Å². The van der Waals surface area contributed by atoms with Crippen LogP contribution in [0.25, 0.3) is 0 Å². The van der Waals surface area contributed by atoms with E-state index in [4.69, 9.17) is 14.2 Å². The van der Waals surface area contributed by atoms with Crippen molar-refractivity contribution in [1.82, 2.24) is 0 Å². The molecule has 0 spiro atoms. The predicted molar refractivity (Wildman–Crippen MR) is 353 cm³/mol. The van der Waals surface area contributed by atoms with E-state index in [1.165, 1.54) is 327 Å². The fourth-order valence-corrected chi connectivity index (χ4v) is 11.7. The molecule has 0 fully saturated rings. The van der Waals surface area contributed by atoms with Crippen molar-refractivity contribution in [3.63, 3.8) is 0 Å². The Hall–Kier alpha value is -1.85. The molecule has 0 heterocycles. The molecular weight excluding hydrogens is 997 g/mol. The van der Waals surface area contributed by atoms with Crippen LogP contribution in [0, 0.1) is 0 Å². The zero-order chi connectivity index (χ0) is 58.5. The van der Waals surface area contributed by atoms with Crippen molar-refractivity contribution < 1.29 is 28.6 Å². The molecule has 0 aromatic carbocycles. The number of carbonyl (C=O) groups excluding carboxylic acids is 3. The van der Waals surface area contributed by atoms with Gasteiger partial charge in [0.05, 0.1) is 0 Å². The summed E-state index contributed by atoms with van der Waals surface area (Å²) in [5, 5.41) is 0. The summed E-state index contributed by atoms with van der Waals surface area (Å²) >= 11 is 0. The van der Waals surface area contributed by atoms with Gasteiger partial charge >= 0.3 is 17.9 Å². The van der Waals surface area contributed by atoms with Gasteiger partial charge in [0.25, 0.3) is 0 Å². The van der Waals surface area contributed by atoms with Gasteiger partial charge < -0.3 is 14.2 Å². The molecular formula is C75H144O6. The largest absolute Gasteiger partial charge is 0.462 e. The number of allylic oxidation sites excluding steroid dienone is 2. The van der Waals surface area contributed by atoms with Crippen molar-refractivity contribution in [3.8, 4) is 0 Å². The minimum absolute atomic E-state index is 0.0658. The minimum Gasteiger partial charge on any atom is -0.462 e. The van der Waals surface area contributed by atoms with Gasteiger partial charge in [0.2, 0.25) is 0 Å². The number of rotatable bonds is 70. The summed E-state index contributed by atoms with van der Waals surface area (Å²) in [6.45, 7) is 6.70. The van der Waals surface area contributed by atoms with Gasteiger partial charge in [-0.25, -0.2) is 0 Å². The molecule has 0 radical (unpaired) electrons. The Kier molecular flexibility index (Phi) is 69.0. The molecule has 1 unspecified atom stereocenters. The zero-order valence-electron chi connectivity index (χ0n) is 55.4. The standard InChI is InChI=1S/C75H144O6/c1-4-7-10-13-16-19-22-25-27-29-31-32-33-34-35-36-37-38-39-40-41-42-43-44-45-47-48-50-53-56-59-62-65-68-74(77)80-71-72(70-79-73(76)67-64-61-58-55-52-24-21-18-15-12-9-6-3)81-75(78)69-66-63-60-57-54-51-49-46-30-28-26-23-20-17-14-11-8-5-2/h18,21,72H,4-17,19-20,22-71H2,1-3H3/b21-18-. The maximum absolute atomic E-state index is 12.9. The lowest BCUT2D eigenvalue weighted by Gasteiger charge is -2.18. The van der Waals surface area contributed by atoms with Crippen LogP contribution >= 0.6 is 0 Å². The smallest absolute Gasteiger partial charge is 0.306 e. The topological polar surface area (TPSA) is 78.9 Å². The van der Waals surface area contributed by atoms with Crippen molar-refractivity contribution in [2.75, 3.05) is 13.2 Å². The molecule has 6 nitrogen and oxygen atoms in total. The molecule has 0 aliphatic rings. The highest BCUT2D eigenvalue weighted by Gasteiger charge is 2.20. The highest BCUT2D eigenvalue weighted by atomic mass is 16.6. The van der Waals surface area contributed by atoms with Crippen LogP contribution in [0.5, 0.6) is 0 Å². The lowest BCUT2D eigenvalue weighted by atomic mass is 10.0. The van der Waals surface area contributed by atoms with Crippen LogP contribution in [-0.4, -0.2) is 37.2 Å². The predicted octanol–water partition coefficient (Wildman–Crippen LogP) is 25.6. The molecule has 1 atom stereocenters. The monoisotopic (exact) mass is 1140 g/mol. The Labute approximate surface area is 507 Å². The quantitative estimate of drug-likeness (QED) is 0.0261. The van der Waals surface area contributed by atoms with Crippen LogP contribution in [0.1, 0.15) is 432 Å². The van der Waals surface area contributed by atoms with Crippen molar-refractivity contribution in [2.24, 2.45) is 0 Å². The zero-order valence-corrected chi connectivity index (χ0v) is 55.4. The van der Waals surface area contributed by atoms with E-state index < -0.39 is 6.10 Å². The Morgan fingerprint density at radius 3 is 0.642 bits per heavy atom. The van der Waals surface area contributed by atoms with Crippen molar-refractivity contribution in [1.29, 1.82) is 0 Å². The first-order chi connectivity index (χ1) is 40.0. The molecule has 6 heteroatoms. The van der Waals surface area contributed by atoms with E-state index in [1.807, 2.05) is 0 Å². The van der Waals surface area contributed by atoms with E-state index in [1.54, 1.807) is 0 Å². The fraction of sp³-hybridized carbons (Fsp3) is 0.933. The highest BCUT2D eigenvalue weighted by molar-refractivity contribution is 5.71. The molecule has 0 saturated carbocycles. The van der Waals surface area contributed by atoms with Gasteiger partial charge in [-0.05, 0) is 44.9 Å². The van der Waals surface area contributed by atoms with E-state index in [0.29, 0.717) is 19.3 Å². The SMILES string of the molecule is CCCCC/C=C\CCCCCCCC(=O)OCC(COC(=O)CCCCCCCCCCCCCCCCCCCCCCCCCCCCCCCCCCC)OC(=O)CCCCCCCCCCCCCCCCCCCC. The van der Waals surface area contributed by atoms with Crippen molar-refractivity contribution in [3.05, 3.63) is 12.2 Å². The molecule has 0 amide bonds. The molecule has 0 aliphatic heterocycles. The van der Waals surface area contributed by atoms with Crippen molar-refractivity contribution >= 4 is 17.9 Å². The second kappa shape index (κ2) is 70.6. The Morgan fingerprint density at radius 2 is 0.407 bits per heavy atom. The lowest BCUT2D eigenvalue weighted by Crippen LogP contribution is -2.30.